The van der Waals surface area contributed by atoms with Gasteiger partial charge in [-0.1, -0.05) is 30.7 Å². The van der Waals surface area contributed by atoms with E-state index >= 15 is 0 Å². The van der Waals surface area contributed by atoms with E-state index in [-0.39, 0.29) is 11.9 Å². The predicted octanol–water partition coefficient (Wildman–Crippen LogP) is 3.03. The van der Waals surface area contributed by atoms with Crippen molar-refractivity contribution in [2.24, 2.45) is 7.05 Å². The maximum atomic E-state index is 12.8. The largest absolute Gasteiger partial charge is 0.368 e. The lowest BCUT2D eigenvalue weighted by atomic mass is 10.0. The Morgan fingerprint density at radius 1 is 1.03 bits per heavy atom. The standard InChI is InChI=1S/C24H29N5O/c1-27-22-11-3-2-9-20(22)26-23(27)18-7-6-8-19(17-18)28-13-15-29(16-14-28)24(30)21-10-4-5-12-25-21/h2-3,6-9,11,17,21,25H,4-5,10,12-16H2,1H3/t21-/m1/s1. The number of piperazine rings is 1. The Morgan fingerprint density at radius 3 is 2.63 bits per heavy atom. The summed E-state index contributed by atoms with van der Waals surface area (Å²) >= 11 is 0. The fourth-order valence-corrected chi connectivity index (χ4v) is 4.71. The predicted molar refractivity (Wildman–Crippen MR) is 121 cm³/mol. The van der Waals surface area contributed by atoms with Crippen LogP contribution < -0.4 is 10.2 Å². The SMILES string of the molecule is Cn1c(-c2cccc(N3CCN(C(=O)[C@H]4CCCCN4)CC3)c2)nc2ccccc21. The number of aryl methyl sites for hydroxylation is 1. The Bertz CT molecular complexity index is 1040. The van der Waals surface area contributed by atoms with Gasteiger partial charge in [-0.25, -0.2) is 4.98 Å². The summed E-state index contributed by atoms with van der Waals surface area (Å²) in [4.78, 5) is 22.0. The smallest absolute Gasteiger partial charge is 0.239 e. The highest BCUT2D eigenvalue weighted by Gasteiger charge is 2.28. The number of piperidine rings is 1. The Kier molecular flexibility index (Phi) is 5.17. The van der Waals surface area contributed by atoms with Crippen molar-refractivity contribution in [3.05, 3.63) is 48.5 Å². The van der Waals surface area contributed by atoms with Gasteiger partial charge in [0.15, 0.2) is 0 Å². The van der Waals surface area contributed by atoms with Gasteiger partial charge in [-0.15, -0.1) is 0 Å². The maximum Gasteiger partial charge on any atom is 0.239 e. The van der Waals surface area contributed by atoms with Crippen LogP contribution in [0.4, 0.5) is 5.69 Å². The van der Waals surface area contributed by atoms with Crippen LogP contribution in [0.15, 0.2) is 48.5 Å². The van der Waals surface area contributed by atoms with E-state index in [4.69, 9.17) is 4.98 Å². The molecule has 5 rings (SSSR count). The summed E-state index contributed by atoms with van der Waals surface area (Å²) in [5, 5.41) is 3.39. The monoisotopic (exact) mass is 403 g/mol. The number of hydrogen-bond acceptors (Lipinski definition) is 4. The van der Waals surface area contributed by atoms with Crippen molar-refractivity contribution in [2.45, 2.75) is 25.3 Å². The second-order valence-corrected chi connectivity index (χ2v) is 8.35. The van der Waals surface area contributed by atoms with Crippen molar-refractivity contribution in [1.29, 1.82) is 0 Å². The molecule has 1 atom stereocenters. The lowest BCUT2D eigenvalue weighted by Crippen LogP contribution is -2.55. The number of rotatable bonds is 3. The van der Waals surface area contributed by atoms with Crippen LogP contribution in [0.5, 0.6) is 0 Å². The molecule has 6 nitrogen and oxygen atoms in total. The van der Waals surface area contributed by atoms with Crippen LogP contribution in [0, 0.1) is 0 Å². The first-order valence-corrected chi connectivity index (χ1v) is 11.0. The van der Waals surface area contributed by atoms with Gasteiger partial charge in [0, 0.05) is 44.5 Å². The molecule has 0 aliphatic carbocycles. The zero-order valence-corrected chi connectivity index (χ0v) is 17.6. The molecule has 2 saturated heterocycles. The zero-order chi connectivity index (χ0) is 20.5. The molecule has 3 heterocycles. The Hall–Kier alpha value is -2.86. The molecule has 0 bridgehead atoms. The summed E-state index contributed by atoms with van der Waals surface area (Å²) in [5.74, 6) is 1.26. The molecule has 2 fully saturated rings. The summed E-state index contributed by atoms with van der Waals surface area (Å²) in [7, 11) is 2.07. The molecular formula is C24H29N5O. The Labute approximate surface area is 177 Å². The molecule has 30 heavy (non-hydrogen) atoms. The Balaban J connectivity index is 1.30. The third-order valence-electron chi connectivity index (χ3n) is 6.46. The molecule has 156 valence electrons. The molecular weight excluding hydrogens is 374 g/mol. The van der Waals surface area contributed by atoms with Gasteiger partial charge < -0.3 is 19.7 Å². The van der Waals surface area contributed by atoms with Crippen LogP contribution in [-0.4, -0.2) is 59.1 Å². The molecule has 1 N–H and O–H groups in total. The van der Waals surface area contributed by atoms with Gasteiger partial charge in [-0.3, -0.25) is 4.79 Å². The quantitative estimate of drug-likeness (QED) is 0.730. The van der Waals surface area contributed by atoms with Crippen LogP contribution in [-0.2, 0) is 11.8 Å². The second-order valence-electron chi connectivity index (χ2n) is 8.35. The fraction of sp³-hybridized carbons (Fsp3) is 0.417. The molecule has 0 saturated carbocycles. The number of nitrogens with one attached hydrogen (secondary N) is 1. The van der Waals surface area contributed by atoms with E-state index in [0.29, 0.717) is 0 Å². The summed E-state index contributed by atoms with van der Waals surface area (Å²) in [6.45, 7) is 4.27. The number of amides is 1. The minimum Gasteiger partial charge on any atom is -0.368 e. The van der Waals surface area contributed by atoms with Crippen molar-refractivity contribution in [3.8, 4) is 11.4 Å². The van der Waals surface area contributed by atoms with E-state index in [0.717, 1.165) is 68.0 Å². The first-order chi connectivity index (χ1) is 14.7. The average molecular weight is 404 g/mol. The van der Waals surface area contributed by atoms with Gasteiger partial charge in [-0.2, -0.15) is 0 Å². The van der Waals surface area contributed by atoms with Gasteiger partial charge in [0.05, 0.1) is 17.1 Å². The number of aromatic nitrogens is 2. The van der Waals surface area contributed by atoms with Gasteiger partial charge in [0.2, 0.25) is 5.91 Å². The molecule has 2 aliphatic rings. The average Bonchev–Trinajstić information content (AvgIpc) is 3.16. The van der Waals surface area contributed by atoms with Crippen molar-refractivity contribution in [1.82, 2.24) is 19.8 Å². The minimum absolute atomic E-state index is 0.0196. The Morgan fingerprint density at radius 2 is 1.87 bits per heavy atom. The first kappa shape index (κ1) is 19.1. The normalized spacial score (nSPS) is 20.0. The van der Waals surface area contributed by atoms with Crippen LogP contribution in [0.3, 0.4) is 0 Å². The number of anilines is 1. The molecule has 0 radical (unpaired) electrons. The number of nitrogens with zero attached hydrogens (tertiary/aromatic N) is 4. The van der Waals surface area contributed by atoms with Crippen molar-refractivity contribution in [3.63, 3.8) is 0 Å². The number of fused-ring (bicyclic) bond motifs is 1. The topological polar surface area (TPSA) is 53.4 Å². The van der Waals surface area contributed by atoms with Gasteiger partial charge in [-0.05, 0) is 43.7 Å². The van der Waals surface area contributed by atoms with Crippen molar-refractivity contribution in [2.75, 3.05) is 37.6 Å². The molecule has 6 heteroatoms. The summed E-state index contributed by atoms with van der Waals surface area (Å²) in [6.07, 6.45) is 3.30. The number of carbonyl (C=O) groups excluding carboxylic acids is 1. The van der Waals surface area contributed by atoms with E-state index in [9.17, 15) is 4.79 Å². The van der Waals surface area contributed by atoms with Gasteiger partial charge >= 0.3 is 0 Å². The molecule has 2 aliphatic heterocycles. The highest BCUT2D eigenvalue weighted by molar-refractivity contribution is 5.83. The third-order valence-corrected chi connectivity index (χ3v) is 6.46. The minimum atomic E-state index is 0.0196. The van der Waals surface area contributed by atoms with Crippen LogP contribution in [0.2, 0.25) is 0 Å². The number of carbonyl (C=O) groups is 1. The highest BCUT2D eigenvalue weighted by atomic mass is 16.2. The van der Waals surface area contributed by atoms with Gasteiger partial charge in [0.25, 0.3) is 0 Å². The number of imidazole rings is 1. The highest BCUT2D eigenvalue weighted by Crippen LogP contribution is 2.27. The van der Waals surface area contributed by atoms with E-state index in [1.54, 1.807) is 0 Å². The number of para-hydroxylation sites is 2. The van der Waals surface area contributed by atoms with Gasteiger partial charge in [0.1, 0.15) is 5.82 Å². The van der Waals surface area contributed by atoms with E-state index in [1.165, 1.54) is 12.1 Å². The van der Waals surface area contributed by atoms with Crippen LogP contribution in [0.25, 0.3) is 22.4 Å². The molecule has 2 aromatic carbocycles. The molecule has 1 amide bonds. The fourth-order valence-electron chi connectivity index (χ4n) is 4.71. The molecule has 1 aromatic heterocycles. The summed E-state index contributed by atoms with van der Waals surface area (Å²) < 4.78 is 2.15. The molecule has 0 unspecified atom stereocenters. The van der Waals surface area contributed by atoms with E-state index in [2.05, 4.69) is 58.2 Å². The maximum absolute atomic E-state index is 12.8. The number of hydrogen-bond donors (Lipinski definition) is 1. The molecule has 3 aromatic rings. The van der Waals surface area contributed by atoms with Crippen LogP contribution >= 0.6 is 0 Å². The van der Waals surface area contributed by atoms with Crippen molar-refractivity contribution >= 4 is 22.6 Å². The lowest BCUT2D eigenvalue weighted by Gasteiger charge is -2.38. The summed E-state index contributed by atoms with van der Waals surface area (Å²) in [5.41, 5.74) is 4.48. The van der Waals surface area contributed by atoms with Crippen LogP contribution in [0.1, 0.15) is 19.3 Å². The first-order valence-electron chi connectivity index (χ1n) is 11.0. The molecule has 0 spiro atoms. The summed E-state index contributed by atoms with van der Waals surface area (Å²) in [6, 6.07) is 16.9. The van der Waals surface area contributed by atoms with Crippen molar-refractivity contribution < 1.29 is 4.79 Å². The van der Waals surface area contributed by atoms with E-state index < -0.39 is 0 Å². The lowest BCUT2D eigenvalue weighted by molar-refractivity contribution is -0.134. The third kappa shape index (κ3) is 3.56. The zero-order valence-electron chi connectivity index (χ0n) is 17.6. The van der Waals surface area contributed by atoms with E-state index in [1.807, 2.05) is 17.0 Å². The number of benzene rings is 2. The second kappa shape index (κ2) is 8.11.